The van der Waals surface area contributed by atoms with Gasteiger partial charge in [0.05, 0.1) is 16.2 Å². The summed E-state index contributed by atoms with van der Waals surface area (Å²) in [5.41, 5.74) is 4.11. The molecule has 0 aliphatic carbocycles. The van der Waals surface area contributed by atoms with Gasteiger partial charge in [-0.05, 0) is 60.9 Å². The molecule has 31 heavy (non-hydrogen) atoms. The highest BCUT2D eigenvalue weighted by Gasteiger charge is 2.18. The predicted molar refractivity (Wildman–Crippen MR) is 122 cm³/mol. The molecule has 4 aromatic rings. The van der Waals surface area contributed by atoms with E-state index in [1.54, 1.807) is 38.2 Å². The second kappa shape index (κ2) is 8.11. The Bertz CT molecular complexity index is 1390. The van der Waals surface area contributed by atoms with Crippen LogP contribution in [0, 0.1) is 11.8 Å². The first-order chi connectivity index (χ1) is 14.8. The number of pyridine rings is 1. The first kappa shape index (κ1) is 21.0. The summed E-state index contributed by atoms with van der Waals surface area (Å²) in [4.78, 5) is 18.9. The SMILES string of the molecule is CCS(=O)(=O)c1cccc(-c2ccc(OCC(C)N=O)c3[nH]c4ncc(C)cc4c23)c1. The summed E-state index contributed by atoms with van der Waals surface area (Å²) < 4.78 is 30.7. The van der Waals surface area contributed by atoms with Crippen LogP contribution in [0.25, 0.3) is 33.1 Å². The van der Waals surface area contributed by atoms with Crippen LogP contribution >= 0.6 is 0 Å². The van der Waals surface area contributed by atoms with Crippen molar-refractivity contribution in [2.24, 2.45) is 5.18 Å². The van der Waals surface area contributed by atoms with Gasteiger partial charge in [-0.3, -0.25) is 0 Å². The van der Waals surface area contributed by atoms with E-state index in [-0.39, 0.29) is 12.4 Å². The van der Waals surface area contributed by atoms with E-state index in [0.717, 1.165) is 33.0 Å². The first-order valence-electron chi connectivity index (χ1n) is 10.0. The Labute approximate surface area is 180 Å². The maximum Gasteiger partial charge on any atom is 0.178 e. The summed E-state index contributed by atoms with van der Waals surface area (Å²) in [5, 5.41) is 4.80. The highest BCUT2D eigenvalue weighted by atomic mass is 32.2. The van der Waals surface area contributed by atoms with Gasteiger partial charge in [0, 0.05) is 17.0 Å². The molecule has 2 heterocycles. The van der Waals surface area contributed by atoms with Gasteiger partial charge in [-0.2, -0.15) is 4.91 Å². The third-order valence-corrected chi connectivity index (χ3v) is 6.98. The van der Waals surface area contributed by atoms with Crippen LogP contribution in [0.3, 0.4) is 0 Å². The topological polar surface area (TPSA) is 101 Å². The van der Waals surface area contributed by atoms with Gasteiger partial charge in [0.25, 0.3) is 0 Å². The van der Waals surface area contributed by atoms with Gasteiger partial charge in [-0.1, -0.05) is 24.2 Å². The molecule has 1 N–H and O–H groups in total. The molecule has 0 saturated heterocycles. The zero-order valence-electron chi connectivity index (χ0n) is 17.5. The number of H-pyrrole nitrogens is 1. The number of aryl methyl sites for hydroxylation is 1. The number of nitroso groups, excluding NO2 is 1. The number of hydrogen-bond acceptors (Lipinski definition) is 6. The highest BCUT2D eigenvalue weighted by molar-refractivity contribution is 7.91. The van der Waals surface area contributed by atoms with Crippen molar-refractivity contribution in [2.45, 2.75) is 31.7 Å². The van der Waals surface area contributed by atoms with Crippen molar-refractivity contribution in [3.63, 3.8) is 0 Å². The largest absolute Gasteiger partial charge is 0.489 e. The fraction of sp³-hybridized carbons (Fsp3) is 0.261. The minimum atomic E-state index is -3.33. The normalized spacial score (nSPS) is 12.9. The van der Waals surface area contributed by atoms with Gasteiger partial charge in [-0.15, -0.1) is 0 Å². The molecule has 160 valence electrons. The number of aromatic amines is 1. The van der Waals surface area contributed by atoms with Crippen molar-refractivity contribution < 1.29 is 13.2 Å². The van der Waals surface area contributed by atoms with E-state index < -0.39 is 15.9 Å². The van der Waals surface area contributed by atoms with Gasteiger partial charge in [0.2, 0.25) is 0 Å². The van der Waals surface area contributed by atoms with E-state index in [4.69, 9.17) is 4.74 Å². The van der Waals surface area contributed by atoms with Crippen LogP contribution < -0.4 is 4.74 Å². The maximum atomic E-state index is 12.4. The molecule has 4 rings (SSSR count). The average Bonchev–Trinajstić information content (AvgIpc) is 3.16. The van der Waals surface area contributed by atoms with Gasteiger partial charge in [0.15, 0.2) is 9.84 Å². The van der Waals surface area contributed by atoms with Crippen LogP contribution in [0.4, 0.5) is 0 Å². The lowest BCUT2D eigenvalue weighted by molar-refractivity contribution is 0.299. The van der Waals surface area contributed by atoms with Crippen molar-refractivity contribution in [3.8, 4) is 16.9 Å². The number of benzene rings is 2. The number of rotatable bonds is 7. The van der Waals surface area contributed by atoms with E-state index in [1.807, 2.05) is 31.2 Å². The third-order valence-electron chi connectivity index (χ3n) is 5.25. The smallest absolute Gasteiger partial charge is 0.178 e. The van der Waals surface area contributed by atoms with Crippen molar-refractivity contribution in [1.29, 1.82) is 0 Å². The number of nitrogens with one attached hydrogen (secondary N) is 1. The van der Waals surface area contributed by atoms with E-state index in [9.17, 15) is 13.3 Å². The van der Waals surface area contributed by atoms with Crippen LogP contribution in [0.1, 0.15) is 19.4 Å². The minimum absolute atomic E-state index is 0.0395. The number of nitrogens with zero attached hydrogens (tertiary/aromatic N) is 2. The van der Waals surface area contributed by atoms with E-state index in [2.05, 4.69) is 15.1 Å². The monoisotopic (exact) mass is 437 g/mol. The maximum absolute atomic E-state index is 12.4. The van der Waals surface area contributed by atoms with E-state index in [0.29, 0.717) is 16.3 Å². The van der Waals surface area contributed by atoms with E-state index >= 15 is 0 Å². The molecule has 0 radical (unpaired) electrons. The molecule has 0 amide bonds. The lowest BCUT2D eigenvalue weighted by Crippen LogP contribution is -2.11. The van der Waals surface area contributed by atoms with Crippen LogP contribution in [-0.2, 0) is 9.84 Å². The highest BCUT2D eigenvalue weighted by Crippen LogP contribution is 2.39. The summed E-state index contributed by atoms with van der Waals surface area (Å²) in [7, 11) is -3.33. The first-order valence-corrected chi connectivity index (χ1v) is 11.7. The van der Waals surface area contributed by atoms with Crippen LogP contribution in [0.15, 0.2) is 58.7 Å². The molecule has 8 heteroatoms. The summed E-state index contributed by atoms with van der Waals surface area (Å²) in [5.74, 6) is 0.625. The molecular weight excluding hydrogens is 414 g/mol. The number of hydrogen-bond donors (Lipinski definition) is 1. The zero-order valence-corrected chi connectivity index (χ0v) is 18.4. The Morgan fingerprint density at radius 1 is 1.19 bits per heavy atom. The van der Waals surface area contributed by atoms with Gasteiger partial charge in [-0.25, -0.2) is 13.4 Å². The second-order valence-corrected chi connectivity index (χ2v) is 9.87. The Kier molecular flexibility index (Phi) is 5.49. The fourth-order valence-corrected chi connectivity index (χ4v) is 4.52. The molecular formula is C23H23N3O4S. The molecule has 1 unspecified atom stereocenters. The molecule has 1 atom stereocenters. The van der Waals surface area contributed by atoms with Crippen LogP contribution in [0.5, 0.6) is 5.75 Å². The van der Waals surface area contributed by atoms with Crippen molar-refractivity contribution >= 4 is 31.8 Å². The quantitative estimate of drug-likeness (QED) is 0.409. The molecule has 0 aliphatic heterocycles. The lowest BCUT2D eigenvalue weighted by Gasteiger charge is -2.12. The van der Waals surface area contributed by atoms with Gasteiger partial charge < -0.3 is 9.72 Å². The van der Waals surface area contributed by atoms with Gasteiger partial charge in [0.1, 0.15) is 24.0 Å². The Morgan fingerprint density at radius 2 is 2.00 bits per heavy atom. The summed E-state index contributed by atoms with van der Waals surface area (Å²) in [6, 6.07) is 12.3. The van der Waals surface area contributed by atoms with Gasteiger partial charge >= 0.3 is 0 Å². The molecule has 0 saturated carbocycles. The zero-order chi connectivity index (χ0) is 22.2. The number of fused-ring (bicyclic) bond motifs is 3. The second-order valence-electron chi connectivity index (χ2n) is 7.59. The number of sulfone groups is 1. The average molecular weight is 438 g/mol. The fourth-order valence-electron chi connectivity index (χ4n) is 3.59. The molecule has 2 aromatic heterocycles. The summed E-state index contributed by atoms with van der Waals surface area (Å²) >= 11 is 0. The molecule has 0 spiro atoms. The molecule has 0 bridgehead atoms. The summed E-state index contributed by atoms with van der Waals surface area (Å²) in [6.45, 7) is 5.45. The molecule has 0 fully saturated rings. The molecule has 2 aromatic carbocycles. The Hall–Kier alpha value is -3.26. The van der Waals surface area contributed by atoms with E-state index in [1.165, 1.54) is 0 Å². The Morgan fingerprint density at radius 3 is 2.74 bits per heavy atom. The van der Waals surface area contributed by atoms with Crippen molar-refractivity contribution in [1.82, 2.24) is 9.97 Å². The predicted octanol–water partition coefficient (Wildman–Crippen LogP) is 5.02. The third kappa shape index (κ3) is 3.90. The number of aromatic nitrogens is 2. The van der Waals surface area contributed by atoms with Crippen LogP contribution in [-0.4, -0.2) is 36.8 Å². The van der Waals surface area contributed by atoms with Crippen molar-refractivity contribution in [2.75, 3.05) is 12.4 Å². The number of ether oxygens (including phenoxy) is 1. The molecule has 7 nitrogen and oxygen atoms in total. The lowest BCUT2D eigenvalue weighted by atomic mass is 9.99. The van der Waals surface area contributed by atoms with Crippen LogP contribution in [0.2, 0.25) is 0 Å². The summed E-state index contributed by atoms with van der Waals surface area (Å²) in [6.07, 6.45) is 1.78. The standard InChI is InChI=1S/C23H23N3O4S/c1-4-31(28,29)17-7-5-6-16(11-17)18-8-9-20(30-13-15(3)26-27)22-21(18)19-10-14(2)12-24-23(19)25-22/h5-12,15H,4,13H2,1-3H3,(H,24,25). The Balaban J connectivity index is 1.96. The van der Waals surface area contributed by atoms with Crippen molar-refractivity contribution in [3.05, 3.63) is 59.1 Å². The minimum Gasteiger partial charge on any atom is -0.489 e. The molecule has 0 aliphatic rings.